The number of anilines is 1. The molecule has 1 saturated heterocycles. The van der Waals surface area contributed by atoms with Crippen LogP contribution in [0.1, 0.15) is 16.4 Å². The van der Waals surface area contributed by atoms with Crippen LogP contribution in [0.5, 0.6) is 5.75 Å². The van der Waals surface area contributed by atoms with Crippen molar-refractivity contribution in [1.82, 2.24) is 9.47 Å². The summed E-state index contributed by atoms with van der Waals surface area (Å²) in [5.41, 5.74) is 6.49. The molecule has 190 valence electrons. The summed E-state index contributed by atoms with van der Waals surface area (Å²) < 4.78 is 6.40. The van der Waals surface area contributed by atoms with Gasteiger partial charge in [0.2, 0.25) is 11.8 Å². The highest BCUT2D eigenvalue weighted by molar-refractivity contribution is 8.00. The molecule has 0 saturated carbocycles. The monoisotopic (exact) mass is 558 g/mol. The molecule has 5 amide bonds. The van der Waals surface area contributed by atoms with E-state index in [1.165, 1.54) is 11.7 Å². The number of aromatic nitrogens is 1. The summed E-state index contributed by atoms with van der Waals surface area (Å²) in [5, 5.41) is 2.62. The standard InChI is InChI=1S/C24H19ClN4O6S2/c1-35-14-8-6-13(7-9-14)27-15(30)10-28-22-19(37-24(28)34)16(11-2-4-12(25)5-3-11)17-18(36-22)21(32)29(20(17)31)23(26)33/h2-9,16-18H,10H2,1H3,(H2,26,33)(H,27,30)/t16-,17+,18-/m0/s1. The van der Waals surface area contributed by atoms with Gasteiger partial charge in [0.1, 0.15) is 17.5 Å². The second kappa shape index (κ2) is 9.69. The predicted octanol–water partition coefficient (Wildman–Crippen LogP) is 2.88. The predicted molar refractivity (Wildman–Crippen MR) is 138 cm³/mol. The summed E-state index contributed by atoms with van der Waals surface area (Å²) in [5.74, 6) is -2.94. The fraction of sp³-hybridized carbons (Fsp3) is 0.208. The SMILES string of the molecule is COc1ccc(NC(=O)Cn2c3c(sc2=O)[C@@H](c2ccc(Cl)cc2)[C@H]2C(=O)N(C(N)=O)C(=O)[C@H]2S3)cc1. The molecule has 2 aromatic carbocycles. The second-order valence-corrected chi connectivity index (χ2v) is 10.9. The van der Waals surface area contributed by atoms with Crippen molar-refractivity contribution in [3.63, 3.8) is 0 Å². The lowest BCUT2D eigenvalue weighted by molar-refractivity contribution is -0.135. The molecule has 0 aliphatic carbocycles. The summed E-state index contributed by atoms with van der Waals surface area (Å²) >= 11 is 7.94. The lowest BCUT2D eigenvalue weighted by Crippen LogP contribution is -2.41. The number of fused-ring (bicyclic) bond motifs is 2. The number of ether oxygens (including phenoxy) is 1. The van der Waals surface area contributed by atoms with E-state index in [1.54, 1.807) is 48.5 Å². The smallest absolute Gasteiger partial charge is 0.328 e. The Morgan fingerprint density at radius 2 is 1.73 bits per heavy atom. The van der Waals surface area contributed by atoms with E-state index in [0.29, 0.717) is 36.8 Å². The Hall–Kier alpha value is -3.61. The van der Waals surface area contributed by atoms with E-state index in [1.807, 2.05) is 0 Å². The molecule has 0 bridgehead atoms. The fourth-order valence-corrected chi connectivity index (χ4v) is 7.42. The van der Waals surface area contributed by atoms with Crippen molar-refractivity contribution < 1.29 is 23.9 Å². The minimum absolute atomic E-state index is 0.309. The number of thioether (sulfide) groups is 1. The molecule has 3 atom stereocenters. The normalized spacial score (nSPS) is 20.4. The Morgan fingerprint density at radius 1 is 1.05 bits per heavy atom. The Morgan fingerprint density at radius 3 is 2.35 bits per heavy atom. The molecule has 13 heteroatoms. The van der Waals surface area contributed by atoms with Gasteiger partial charge >= 0.3 is 10.9 Å². The highest BCUT2D eigenvalue weighted by Crippen LogP contribution is 2.53. The van der Waals surface area contributed by atoms with Crippen LogP contribution in [0, 0.1) is 5.92 Å². The Balaban J connectivity index is 1.53. The number of hydrogen-bond acceptors (Lipinski definition) is 8. The van der Waals surface area contributed by atoms with Gasteiger partial charge in [-0.1, -0.05) is 46.8 Å². The van der Waals surface area contributed by atoms with Crippen molar-refractivity contribution >= 4 is 64.1 Å². The minimum Gasteiger partial charge on any atom is -0.497 e. The number of benzene rings is 2. The number of thiazole rings is 1. The zero-order valence-electron chi connectivity index (χ0n) is 19.2. The van der Waals surface area contributed by atoms with E-state index in [9.17, 15) is 24.0 Å². The average Bonchev–Trinajstić information content (AvgIpc) is 3.31. The number of nitrogens with one attached hydrogen (secondary N) is 1. The third kappa shape index (κ3) is 4.41. The Kier molecular flexibility index (Phi) is 6.56. The Labute approximate surface area is 223 Å². The quantitative estimate of drug-likeness (QED) is 0.459. The molecule has 2 aliphatic rings. The number of carbonyl (C=O) groups is 4. The number of primary amides is 1. The van der Waals surface area contributed by atoms with Crippen LogP contribution in [-0.4, -0.2) is 45.6 Å². The first-order valence-electron chi connectivity index (χ1n) is 11.0. The number of hydrogen-bond donors (Lipinski definition) is 2. The number of halogens is 1. The van der Waals surface area contributed by atoms with E-state index in [0.717, 1.165) is 23.1 Å². The second-order valence-electron chi connectivity index (χ2n) is 8.34. The van der Waals surface area contributed by atoms with Gasteiger partial charge in [0, 0.05) is 21.5 Å². The molecule has 5 rings (SSSR count). The number of likely N-dealkylation sites (tertiary alicyclic amines) is 1. The number of nitrogens with zero attached hydrogens (tertiary/aromatic N) is 2. The Bertz CT molecular complexity index is 1480. The van der Waals surface area contributed by atoms with Crippen LogP contribution in [0.4, 0.5) is 10.5 Å². The van der Waals surface area contributed by atoms with Crippen LogP contribution in [-0.2, 0) is 20.9 Å². The highest BCUT2D eigenvalue weighted by Gasteiger charge is 2.57. The fourth-order valence-electron chi connectivity index (χ4n) is 4.52. The molecule has 0 radical (unpaired) electrons. The molecule has 10 nitrogen and oxygen atoms in total. The molecule has 3 heterocycles. The zero-order valence-corrected chi connectivity index (χ0v) is 21.6. The first-order chi connectivity index (χ1) is 17.7. The summed E-state index contributed by atoms with van der Waals surface area (Å²) in [6, 6.07) is 12.3. The number of urea groups is 1. The third-order valence-corrected chi connectivity index (χ3v) is 9.03. The lowest BCUT2D eigenvalue weighted by Gasteiger charge is -2.30. The summed E-state index contributed by atoms with van der Waals surface area (Å²) in [6.07, 6.45) is 0. The molecule has 37 heavy (non-hydrogen) atoms. The van der Waals surface area contributed by atoms with E-state index in [2.05, 4.69) is 5.32 Å². The van der Waals surface area contributed by atoms with Crippen LogP contribution in [0.15, 0.2) is 58.4 Å². The molecule has 3 N–H and O–H groups in total. The topological polar surface area (TPSA) is 141 Å². The van der Waals surface area contributed by atoms with Crippen molar-refractivity contribution in [2.75, 3.05) is 12.4 Å². The average molecular weight is 559 g/mol. The molecule has 1 aromatic heterocycles. The van der Waals surface area contributed by atoms with Crippen molar-refractivity contribution in [1.29, 1.82) is 0 Å². The van der Waals surface area contributed by atoms with Gasteiger partial charge in [-0.2, -0.15) is 4.90 Å². The van der Waals surface area contributed by atoms with Gasteiger partial charge in [0.05, 0.1) is 18.1 Å². The van der Waals surface area contributed by atoms with Crippen molar-refractivity contribution in [2.45, 2.75) is 22.7 Å². The number of carbonyl (C=O) groups excluding carboxylic acids is 4. The molecule has 0 unspecified atom stereocenters. The third-order valence-electron chi connectivity index (χ3n) is 6.17. The van der Waals surface area contributed by atoms with E-state index in [4.69, 9.17) is 22.1 Å². The van der Waals surface area contributed by atoms with Crippen molar-refractivity contribution in [3.8, 4) is 5.75 Å². The number of imide groups is 3. The van der Waals surface area contributed by atoms with Crippen molar-refractivity contribution in [2.24, 2.45) is 11.7 Å². The van der Waals surface area contributed by atoms with E-state index >= 15 is 0 Å². The largest absolute Gasteiger partial charge is 0.497 e. The summed E-state index contributed by atoms with van der Waals surface area (Å²) in [4.78, 5) is 64.6. The maximum Gasteiger partial charge on any atom is 0.328 e. The zero-order chi connectivity index (χ0) is 26.4. The van der Waals surface area contributed by atoms with Gasteiger partial charge in [-0.25, -0.2) is 4.79 Å². The molecule has 1 fully saturated rings. The lowest BCUT2D eigenvalue weighted by atomic mass is 9.83. The molecular formula is C24H19ClN4O6S2. The van der Waals surface area contributed by atoms with Gasteiger partial charge < -0.3 is 15.8 Å². The van der Waals surface area contributed by atoms with Crippen LogP contribution in [0.2, 0.25) is 5.02 Å². The molecule has 0 spiro atoms. The molecule has 3 aromatic rings. The maximum atomic E-state index is 13.2. The van der Waals surface area contributed by atoms with Crippen molar-refractivity contribution in [3.05, 3.63) is 73.7 Å². The first-order valence-corrected chi connectivity index (χ1v) is 13.0. The van der Waals surface area contributed by atoms with Crippen LogP contribution in [0.3, 0.4) is 0 Å². The van der Waals surface area contributed by atoms with Gasteiger partial charge in [-0.3, -0.25) is 23.7 Å². The number of methoxy groups -OCH3 is 1. The number of amides is 5. The van der Waals surface area contributed by atoms with Crippen LogP contribution in [0.25, 0.3) is 0 Å². The number of rotatable bonds is 5. The minimum atomic E-state index is -1.15. The van der Waals surface area contributed by atoms with E-state index < -0.39 is 45.7 Å². The highest BCUT2D eigenvalue weighted by atomic mass is 35.5. The maximum absolute atomic E-state index is 13.2. The van der Waals surface area contributed by atoms with Gasteiger partial charge in [-0.15, -0.1) is 0 Å². The van der Waals surface area contributed by atoms with Gasteiger partial charge in [-0.05, 0) is 42.0 Å². The summed E-state index contributed by atoms with van der Waals surface area (Å²) in [7, 11) is 1.53. The molecule has 2 aliphatic heterocycles. The van der Waals surface area contributed by atoms with Gasteiger partial charge in [0.25, 0.3) is 5.91 Å². The van der Waals surface area contributed by atoms with Crippen LogP contribution >= 0.6 is 34.7 Å². The number of nitrogens with two attached hydrogens (primary N) is 1. The molecular weight excluding hydrogens is 540 g/mol. The summed E-state index contributed by atoms with van der Waals surface area (Å²) in [6.45, 7) is -0.309. The van der Waals surface area contributed by atoms with E-state index in [-0.39, 0.29) is 6.54 Å². The van der Waals surface area contributed by atoms with Crippen LogP contribution < -0.4 is 20.7 Å². The first kappa shape index (κ1) is 25.1. The van der Waals surface area contributed by atoms with Gasteiger partial charge in [0.15, 0.2) is 0 Å².